The molecule has 0 atom stereocenters. The zero-order chi connectivity index (χ0) is 13.3. The number of nitrogens with zero attached hydrogens (tertiary/aromatic N) is 1. The molecular formula is C12H5BrCl2FNO. The van der Waals surface area contributed by atoms with E-state index >= 15 is 0 Å². The summed E-state index contributed by atoms with van der Waals surface area (Å²) in [6.45, 7) is 0. The SMILES string of the molecule is O=C(c1ccnc(Cl)c1)c1ccc(Br)c(Cl)c1F. The van der Waals surface area contributed by atoms with Crippen molar-refractivity contribution in [3.63, 3.8) is 0 Å². The molecule has 0 N–H and O–H groups in total. The predicted octanol–water partition coefficient (Wildman–Crippen LogP) is 4.52. The summed E-state index contributed by atoms with van der Waals surface area (Å²) in [7, 11) is 0. The summed E-state index contributed by atoms with van der Waals surface area (Å²) in [6.07, 6.45) is 1.38. The molecule has 0 spiro atoms. The lowest BCUT2D eigenvalue weighted by molar-refractivity contribution is 0.103. The van der Waals surface area contributed by atoms with E-state index in [9.17, 15) is 9.18 Å². The molecule has 0 bridgehead atoms. The first kappa shape index (κ1) is 13.5. The van der Waals surface area contributed by atoms with E-state index in [2.05, 4.69) is 20.9 Å². The van der Waals surface area contributed by atoms with Crippen LogP contribution >= 0.6 is 39.1 Å². The second kappa shape index (κ2) is 5.34. The molecule has 0 radical (unpaired) electrons. The molecule has 2 aromatic rings. The van der Waals surface area contributed by atoms with Gasteiger partial charge in [0.15, 0.2) is 11.6 Å². The molecule has 18 heavy (non-hydrogen) atoms. The van der Waals surface area contributed by atoms with E-state index < -0.39 is 11.6 Å². The van der Waals surface area contributed by atoms with E-state index in [1.165, 1.54) is 30.5 Å². The van der Waals surface area contributed by atoms with Crippen molar-refractivity contribution in [1.29, 1.82) is 0 Å². The van der Waals surface area contributed by atoms with Crippen LogP contribution in [0.1, 0.15) is 15.9 Å². The van der Waals surface area contributed by atoms with Gasteiger partial charge in [0.25, 0.3) is 0 Å². The number of hydrogen-bond acceptors (Lipinski definition) is 2. The lowest BCUT2D eigenvalue weighted by Crippen LogP contribution is -2.05. The normalized spacial score (nSPS) is 10.4. The zero-order valence-corrected chi connectivity index (χ0v) is 11.9. The average molecular weight is 349 g/mol. The molecule has 92 valence electrons. The summed E-state index contributed by atoms with van der Waals surface area (Å²) < 4.78 is 14.3. The van der Waals surface area contributed by atoms with Gasteiger partial charge in [-0.05, 0) is 40.2 Å². The highest BCUT2D eigenvalue weighted by Crippen LogP contribution is 2.28. The molecule has 1 aromatic heterocycles. The Morgan fingerprint density at radius 1 is 1.28 bits per heavy atom. The summed E-state index contributed by atoms with van der Waals surface area (Å²) >= 11 is 14.5. The molecule has 0 aliphatic rings. The van der Waals surface area contributed by atoms with Gasteiger partial charge in [-0.25, -0.2) is 9.37 Å². The average Bonchev–Trinajstić information content (AvgIpc) is 2.35. The molecule has 0 aliphatic carbocycles. The smallest absolute Gasteiger partial charge is 0.196 e. The number of carbonyl (C=O) groups excluding carboxylic acids is 1. The van der Waals surface area contributed by atoms with Gasteiger partial charge in [-0.15, -0.1) is 0 Å². The fourth-order valence-corrected chi connectivity index (χ4v) is 2.05. The van der Waals surface area contributed by atoms with Crippen LogP contribution in [0.25, 0.3) is 0 Å². The van der Waals surface area contributed by atoms with Crippen molar-refractivity contribution in [1.82, 2.24) is 4.98 Å². The molecule has 0 fully saturated rings. The largest absolute Gasteiger partial charge is 0.288 e. The van der Waals surface area contributed by atoms with E-state index in [0.717, 1.165) is 0 Å². The number of halogens is 4. The Balaban J connectivity index is 2.50. The van der Waals surface area contributed by atoms with Gasteiger partial charge in [0.1, 0.15) is 5.15 Å². The number of pyridine rings is 1. The van der Waals surface area contributed by atoms with Crippen LogP contribution in [0, 0.1) is 5.82 Å². The fraction of sp³-hybridized carbons (Fsp3) is 0. The van der Waals surface area contributed by atoms with Crippen molar-refractivity contribution in [2.45, 2.75) is 0 Å². The molecular weight excluding hydrogens is 344 g/mol. The van der Waals surface area contributed by atoms with Gasteiger partial charge in [0.2, 0.25) is 0 Å². The Bertz CT molecular complexity index is 633. The standard InChI is InChI=1S/C12H5BrCl2FNO/c13-8-2-1-7(11(16)10(8)15)12(18)6-3-4-17-9(14)5-6/h1-5H. The van der Waals surface area contributed by atoms with Crippen LogP contribution in [-0.2, 0) is 0 Å². The third-order valence-corrected chi connectivity index (χ3v) is 3.73. The quantitative estimate of drug-likeness (QED) is 0.453. The van der Waals surface area contributed by atoms with Crippen LogP contribution in [0.15, 0.2) is 34.9 Å². The van der Waals surface area contributed by atoms with Gasteiger partial charge in [-0.1, -0.05) is 23.2 Å². The van der Waals surface area contributed by atoms with E-state index in [1.54, 1.807) is 0 Å². The van der Waals surface area contributed by atoms with Gasteiger partial charge < -0.3 is 0 Å². The maximum absolute atomic E-state index is 13.9. The topological polar surface area (TPSA) is 30.0 Å². The summed E-state index contributed by atoms with van der Waals surface area (Å²) in [5.41, 5.74) is 0.151. The molecule has 0 unspecified atom stereocenters. The number of ketones is 1. The molecule has 1 aromatic carbocycles. The van der Waals surface area contributed by atoms with Gasteiger partial charge in [0.05, 0.1) is 10.6 Å². The first-order valence-electron chi connectivity index (χ1n) is 4.80. The second-order valence-corrected chi connectivity index (χ2v) is 5.04. The number of carbonyl (C=O) groups is 1. The van der Waals surface area contributed by atoms with Crippen molar-refractivity contribution in [3.8, 4) is 0 Å². The molecule has 2 nitrogen and oxygen atoms in total. The van der Waals surface area contributed by atoms with Crippen LogP contribution in [0.4, 0.5) is 4.39 Å². The minimum atomic E-state index is -0.760. The lowest BCUT2D eigenvalue weighted by Gasteiger charge is -2.05. The third kappa shape index (κ3) is 2.55. The van der Waals surface area contributed by atoms with E-state index in [-0.39, 0.29) is 21.3 Å². The minimum Gasteiger partial charge on any atom is -0.288 e. The van der Waals surface area contributed by atoms with Crippen molar-refractivity contribution in [2.24, 2.45) is 0 Å². The first-order chi connectivity index (χ1) is 8.50. The lowest BCUT2D eigenvalue weighted by atomic mass is 10.0. The molecule has 2 rings (SSSR count). The highest BCUT2D eigenvalue weighted by molar-refractivity contribution is 9.10. The Hall–Kier alpha value is -0.970. The second-order valence-electron chi connectivity index (χ2n) is 3.42. The maximum atomic E-state index is 13.9. The summed E-state index contributed by atoms with van der Waals surface area (Å²) in [5, 5.41) is 0.0467. The van der Waals surface area contributed by atoms with Gasteiger partial charge in [0, 0.05) is 16.2 Å². The molecule has 0 saturated heterocycles. The number of benzene rings is 1. The number of rotatable bonds is 2. The summed E-state index contributed by atoms with van der Waals surface area (Å²) in [5.74, 6) is -1.25. The Kier molecular flexibility index (Phi) is 4.00. The molecule has 0 amide bonds. The van der Waals surface area contributed by atoms with Gasteiger partial charge in [-0.3, -0.25) is 4.79 Å². The Morgan fingerprint density at radius 3 is 2.67 bits per heavy atom. The Morgan fingerprint density at radius 2 is 2.00 bits per heavy atom. The van der Waals surface area contributed by atoms with Crippen LogP contribution in [0.5, 0.6) is 0 Å². The van der Waals surface area contributed by atoms with Crippen LogP contribution in [-0.4, -0.2) is 10.8 Å². The summed E-state index contributed by atoms with van der Waals surface area (Å²) in [6, 6.07) is 5.71. The van der Waals surface area contributed by atoms with Crippen molar-refractivity contribution >= 4 is 44.9 Å². The van der Waals surface area contributed by atoms with Crippen molar-refractivity contribution in [2.75, 3.05) is 0 Å². The van der Waals surface area contributed by atoms with Crippen LogP contribution in [0.3, 0.4) is 0 Å². The fourth-order valence-electron chi connectivity index (χ4n) is 1.40. The monoisotopic (exact) mass is 347 g/mol. The first-order valence-corrected chi connectivity index (χ1v) is 6.35. The highest BCUT2D eigenvalue weighted by atomic mass is 79.9. The Labute approximate surface area is 121 Å². The van der Waals surface area contributed by atoms with Gasteiger partial charge in [-0.2, -0.15) is 0 Å². The molecule has 1 heterocycles. The number of aromatic nitrogens is 1. The molecule has 0 aliphatic heterocycles. The minimum absolute atomic E-state index is 0.106. The maximum Gasteiger partial charge on any atom is 0.196 e. The zero-order valence-electron chi connectivity index (χ0n) is 8.75. The summed E-state index contributed by atoms with van der Waals surface area (Å²) in [4.78, 5) is 15.8. The van der Waals surface area contributed by atoms with E-state index in [1.807, 2.05) is 0 Å². The molecule has 0 saturated carbocycles. The van der Waals surface area contributed by atoms with Crippen LogP contribution < -0.4 is 0 Å². The molecule has 6 heteroatoms. The van der Waals surface area contributed by atoms with Crippen LogP contribution in [0.2, 0.25) is 10.2 Å². The number of hydrogen-bond donors (Lipinski definition) is 0. The highest BCUT2D eigenvalue weighted by Gasteiger charge is 2.18. The predicted molar refractivity (Wildman–Crippen MR) is 71.8 cm³/mol. The van der Waals surface area contributed by atoms with E-state index in [0.29, 0.717) is 4.47 Å². The van der Waals surface area contributed by atoms with Gasteiger partial charge >= 0.3 is 0 Å². The van der Waals surface area contributed by atoms with Crippen molar-refractivity contribution < 1.29 is 9.18 Å². The van der Waals surface area contributed by atoms with Crippen molar-refractivity contribution in [3.05, 3.63) is 62.1 Å². The van der Waals surface area contributed by atoms with E-state index in [4.69, 9.17) is 23.2 Å². The third-order valence-electron chi connectivity index (χ3n) is 2.27.